The Kier molecular flexibility index (Phi) is 7.03. The van der Waals surface area contributed by atoms with E-state index in [0.717, 1.165) is 17.5 Å². The number of nitrogens with two attached hydrogens (primary N) is 1. The predicted molar refractivity (Wildman–Crippen MR) is 125 cm³/mol. The third kappa shape index (κ3) is 5.06. The lowest BCUT2D eigenvalue weighted by molar-refractivity contribution is 0.0288. The number of aliphatic hydroxyl groups excluding tert-OH is 1. The maximum absolute atomic E-state index is 14.7. The van der Waals surface area contributed by atoms with E-state index < -0.39 is 23.4 Å². The fourth-order valence-electron chi connectivity index (χ4n) is 4.19. The van der Waals surface area contributed by atoms with Gasteiger partial charge in [-0.05, 0) is 67.4 Å². The van der Waals surface area contributed by atoms with E-state index in [1.807, 2.05) is 54.6 Å². The van der Waals surface area contributed by atoms with Crippen LogP contribution >= 0.6 is 0 Å². The van der Waals surface area contributed by atoms with Gasteiger partial charge >= 0.3 is 0 Å². The van der Waals surface area contributed by atoms with Crippen LogP contribution in [0, 0.1) is 5.82 Å². The first-order valence-corrected chi connectivity index (χ1v) is 11.0. The average molecular weight is 450 g/mol. The molecule has 0 aliphatic carbocycles. The molecular weight excluding hydrogens is 421 g/mol. The van der Waals surface area contributed by atoms with Crippen LogP contribution in [0.25, 0.3) is 0 Å². The Morgan fingerprint density at radius 3 is 2.55 bits per heavy atom. The number of ether oxygens (including phenoxy) is 1. The highest BCUT2D eigenvalue weighted by Crippen LogP contribution is 2.32. The molecule has 0 spiro atoms. The zero-order chi connectivity index (χ0) is 23.3. The van der Waals surface area contributed by atoms with Gasteiger partial charge in [-0.15, -0.1) is 0 Å². The van der Waals surface area contributed by atoms with Crippen molar-refractivity contribution in [1.82, 2.24) is 10.6 Å². The number of hydrogen-bond donors (Lipinski definition) is 4. The van der Waals surface area contributed by atoms with E-state index in [-0.39, 0.29) is 5.56 Å². The molecule has 3 aromatic carbocycles. The van der Waals surface area contributed by atoms with Crippen LogP contribution in [0.15, 0.2) is 72.8 Å². The largest absolute Gasteiger partial charge is 0.457 e. The van der Waals surface area contributed by atoms with Crippen LogP contribution in [0.2, 0.25) is 0 Å². The molecule has 3 aromatic rings. The van der Waals surface area contributed by atoms with E-state index in [4.69, 9.17) is 10.5 Å². The number of benzene rings is 3. The highest BCUT2D eigenvalue weighted by molar-refractivity contribution is 5.95. The Balaban J connectivity index is 1.58. The molecule has 1 aliphatic rings. The first kappa shape index (κ1) is 22.9. The molecule has 33 heavy (non-hydrogen) atoms. The van der Waals surface area contributed by atoms with Crippen molar-refractivity contribution in [3.05, 3.63) is 95.3 Å². The van der Waals surface area contributed by atoms with E-state index in [1.165, 1.54) is 18.2 Å². The van der Waals surface area contributed by atoms with Gasteiger partial charge in [-0.1, -0.05) is 42.5 Å². The molecule has 1 fully saturated rings. The second kappa shape index (κ2) is 10.1. The molecule has 6 nitrogen and oxygen atoms in total. The van der Waals surface area contributed by atoms with Crippen LogP contribution in [0.1, 0.15) is 27.9 Å². The minimum absolute atomic E-state index is 0.145. The molecule has 1 heterocycles. The topological polar surface area (TPSA) is 96.6 Å². The van der Waals surface area contributed by atoms with Gasteiger partial charge in [0.15, 0.2) is 0 Å². The highest BCUT2D eigenvalue weighted by atomic mass is 19.1. The number of aliphatic hydroxyl groups is 1. The number of β-amino-alcohol motifs (C(OH)–C–C–N with tert-alkyl or cyclic N) is 1. The summed E-state index contributed by atoms with van der Waals surface area (Å²) >= 11 is 0. The van der Waals surface area contributed by atoms with Gasteiger partial charge in [-0.2, -0.15) is 0 Å². The Hall–Kier alpha value is -3.26. The van der Waals surface area contributed by atoms with E-state index >= 15 is 0 Å². The lowest BCUT2D eigenvalue weighted by Gasteiger charge is -2.43. The molecule has 7 heteroatoms. The van der Waals surface area contributed by atoms with Gasteiger partial charge in [0, 0.05) is 6.54 Å². The Morgan fingerprint density at radius 2 is 1.85 bits per heavy atom. The van der Waals surface area contributed by atoms with Gasteiger partial charge in [0.1, 0.15) is 17.3 Å². The summed E-state index contributed by atoms with van der Waals surface area (Å²) in [6, 6.07) is 20.8. The van der Waals surface area contributed by atoms with Crippen LogP contribution in [0.5, 0.6) is 11.5 Å². The first-order chi connectivity index (χ1) is 16.0. The van der Waals surface area contributed by atoms with Crippen molar-refractivity contribution in [3.63, 3.8) is 0 Å². The molecule has 172 valence electrons. The normalized spacial score (nSPS) is 20.3. The first-order valence-electron chi connectivity index (χ1n) is 11.0. The number of hydrogen-bond acceptors (Lipinski definition) is 5. The van der Waals surface area contributed by atoms with Crippen LogP contribution in [0.4, 0.5) is 4.39 Å². The smallest absolute Gasteiger partial charge is 0.255 e. The lowest BCUT2D eigenvalue weighted by Crippen LogP contribution is -2.61. The minimum Gasteiger partial charge on any atom is -0.457 e. The lowest BCUT2D eigenvalue weighted by atomic mass is 9.79. The summed E-state index contributed by atoms with van der Waals surface area (Å²) < 4.78 is 20.5. The third-order valence-electron chi connectivity index (χ3n) is 6.00. The fraction of sp³-hybridized carbons (Fsp3) is 0.269. The van der Waals surface area contributed by atoms with Gasteiger partial charge in [-0.3, -0.25) is 4.79 Å². The van der Waals surface area contributed by atoms with Crippen LogP contribution < -0.4 is 21.1 Å². The maximum atomic E-state index is 14.7. The van der Waals surface area contributed by atoms with Crippen molar-refractivity contribution in [2.45, 2.75) is 24.5 Å². The van der Waals surface area contributed by atoms with Crippen molar-refractivity contribution in [2.75, 3.05) is 19.6 Å². The van der Waals surface area contributed by atoms with Gasteiger partial charge in [0.05, 0.1) is 17.2 Å². The standard InChI is InChI=1S/C26H28FN3O3/c27-23-11-10-21(33-20-8-6-18(7-9-20)12-14-28)16-22(23)25(32)30-26(13-15-29-17-24(26)31)19-4-2-1-3-5-19/h1-11,16,24,29,31H,12-15,17,28H2,(H,30,32)/t24-,26+/m1/s1. The van der Waals surface area contributed by atoms with Gasteiger partial charge < -0.3 is 26.2 Å². The number of amides is 1. The predicted octanol–water partition coefficient (Wildman–Crippen LogP) is 3.10. The highest BCUT2D eigenvalue weighted by Gasteiger charge is 2.43. The molecule has 1 amide bonds. The summed E-state index contributed by atoms with van der Waals surface area (Å²) in [5, 5.41) is 16.9. The number of halogens is 1. The zero-order valence-electron chi connectivity index (χ0n) is 18.3. The summed E-state index contributed by atoms with van der Waals surface area (Å²) in [4.78, 5) is 13.2. The van der Waals surface area contributed by atoms with Gasteiger partial charge in [0.2, 0.25) is 0 Å². The van der Waals surface area contributed by atoms with Crippen LogP contribution in [0.3, 0.4) is 0 Å². The molecule has 2 atom stereocenters. The van der Waals surface area contributed by atoms with Crippen LogP contribution in [-0.4, -0.2) is 36.8 Å². The molecule has 5 N–H and O–H groups in total. The fourth-order valence-corrected chi connectivity index (χ4v) is 4.19. The maximum Gasteiger partial charge on any atom is 0.255 e. The van der Waals surface area contributed by atoms with Crippen molar-refractivity contribution in [1.29, 1.82) is 0 Å². The van der Waals surface area contributed by atoms with Gasteiger partial charge in [-0.25, -0.2) is 4.39 Å². The molecule has 4 rings (SSSR count). The summed E-state index contributed by atoms with van der Waals surface area (Å²) in [7, 11) is 0. The average Bonchev–Trinajstić information content (AvgIpc) is 2.84. The van der Waals surface area contributed by atoms with Crippen molar-refractivity contribution in [3.8, 4) is 11.5 Å². The number of nitrogens with one attached hydrogen (secondary N) is 2. The number of rotatable bonds is 7. The summed E-state index contributed by atoms with van der Waals surface area (Å²) in [5.74, 6) is -0.359. The Bertz CT molecular complexity index is 1090. The summed E-state index contributed by atoms with van der Waals surface area (Å²) in [6.07, 6.45) is 0.370. The quantitative estimate of drug-likeness (QED) is 0.445. The molecule has 0 unspecified atom stereocenters. The Morgan fingerprint density at radius 1 is 1.12 bits per heavy atom. The van der Waals surface area contributed by atoms with E-state index in [9.17, 15) is 14.3 Å². The van der Waals surface area contributed by atoms with E-state index in [2.05, 4.69) is 10.6 Å². The SMILES string of the molecule is NCCc1ccc(Oc2ccc(F)c(C(=O)N[C@]3(c4ccccc4)CCNC[C@H]3O)c2)cc1. The van der Waals surface area contributed by atoms with Crippen molar-refractivity contribution >= 4 is 5.91 Å². The van der Waals surface area contributed by atoms with Crippen molar-refractivity contribution in [2.24, 2.45) is 5.73 Å². The van der Waals surface area contributed by atoms with E-state index in [1.54, 1.807) is 0 Å². The molecule has 1 aliphatic heterocycles. The van der Waals surface area contributed by atoms with E-state index in [0.29, 0.717) is 37.6 Å². The second-order valence-electron chi connectivity index (χ2n) is 8.19. The monoisotopic (exact) mass is 449 g/mol. The zero-order valence-corrected chi connectivity index (χ0v) is 18.3. The molecular formula is C26H28FN3O3. The number of piperidine rings is 1. The van der Waals surface area contributed by atoms with Crippen LogP contribution in [-0.2, 0) is 12.0 Å². The second-order valence-corrected chi connectivity index (χ2v) is 8.19. The molecule has 0 bridgehead atoms. The molecule has 0 radical (unpaired) electrons. The van der Waals surface area contributed by atoms with Gasteiger partial charge in [0.25, 0.3) is 5.91 Å². The number of carbonyl (C=O) groups excluding carboxylic acids is 1. The molecule has 0 saturated carbocycles. The molecule has 0 aromatic heterocycles. The summed E-state index contributed by atoms with van der Waals surface area (Å²) in [6.45, 7) is 1.49. The number of carbonyl (C=O) groups is 1. The van der Waals surface area contributed by atoms with Crippen molar-refractivity contribution < 1.29 is 19.0 Å². The minimum atomic E-state index is -1.02. The summed E-state index contributed by atoms with van der Waals surface area (Å²) in [5.41, 5.74) is 6.28. The Labute approximate surface area is 192 Å². The molecule has 1 saturated heterocycles. The third-order valence-corrected chi connectivity index (χ3v) is 6.00.